The molecule has 0 aromatic heterocycles. The molecule has 1 amide bonds. The summed E-state index contributed by atoms with van der Waals surface area (Å²) in [7, 11) is 0. The molecular weight excluding hydrogens is 288 g/mol. The molecule has 2 nitrogen and oxygen atoms in total. The topological polar surface area (TPSA) is 20.3 Å². The Bertz CT molecular complexity index is 465. The number of carbonyl (C=O) groups excluding carboxylic acids is 1. The van der Waals surface area contributed by atoms with Crippen LogP contribution in [-0.4, -0.2) is 29.3 Å². The Kier molecular flexibility index (Phi) is 5.06. The van der Waals surface area contributed by atoms with Crippen molar-refractivity contribution in [3.63, 3.8) is 0 Å². The third-order valence-electron chi connectivity index (χ3n) is 3.51. The van der Waals surface area contributed by atoms with Gasteiger partial charge in [-0.05, 0) is 37.8 Å². The number of piperidine rings is 1. The monoisotopic (exact) mass is 303 g/mol. The molecule has 0 spiro atoms. The average molecular weight is 304 g/mol. The molecule has 1 aliphatic rings. The zero-order chi connectivity index (χ0) is 13.8. The number of hydrogen-bond acceptors (Lipinski definition) is 1. The van der Waals surface area contributed by atoms with E-state index in [4.69, 9.17) is 23.2 Å². The summed E-state index contributed by atoms with van der Waals surface area (Å²) in [5, 5.41) is -0.0947. The number of alkyl halides is 1. The first-order valence-electron chi connectivity index (χ1n) is 6.46. The van der Waals surface area contributed by atoms with E-state index in [2.05, 4.69) is 0 Å². The van der Waals surface area contributed by atoms with Gasteiger partial charge in [-0.3, -0.25) is 4.79 Å². The first-order valence-corrected chi connectivity index (χ1v) is 7.37. The first-order chi connectivity index (χ1) is 9.15. The predicted molar refractivity (Wildman–Crippen MR) is 75.4 cm³/mol. The lowest BCUT2D eigenvalue weighted by Crippen LogP contribution is -2.44. The summed E-state index contributed by atoms with van der Waals surface area (Å²) in [5.74, 6) is -0.233. The van der Waals surface area contributed by atoms with Gasteiger partial charge in [0.05, 0.1) is 10.6 Å². The van der Waals surface area contributed by atoms with Crippen molar-refractivity contribution in [1.82, 2.24) is 4.90 Å². The first kappa shape index (κ1) is 14.6. The largest absolute Gasteiger partial charge is 0.336 e. The molecule has 2 rings (SSSR count). The Balaban J connectivity index is 2.23. The summed E-state index contributed by atoms with van der Waals surface area (Å²) in [6.45, 7) is 0.688. The van der Waals surface area contributed by atoms with E-state index in [9.17, 15) is 9.18 Å². The molecule has 1 aromatic carbocycles. The molecule has 1 unspecified atom stereocenters. The Morgan fingerprint density at radius 2 is 2.21 bits per heavy atom. The van der Waals surface area contributed by atoms with E-state index in [1.54, 1.807) is 11.0 Å². The molecule has 0 radical (unpaired) electrons. The van der Waals surface area contributed by atoms with Crippen LogP contribution in [0.5, 0.6) is 0 Å². The van der Waals surface area contributed by atoms with Crippen LogP contribution in [0.1, 0.15) is 36.0 Å². The maximum absolute atomic E-state index is 13.4. The molecule has 1 saturated heterocycles. The van der Waals surface area contributed by atoms with Gasteiger partial charge >= 0.3 is 0 Å². The second kappa shape index (κ2) is 6.58. The van der Waals surface area contributed by atoms with Crippen molar-refractivity contribution in [3.8, 4) is 0 Å². The van der Waals surface area contributed by atoms with Gasteiger partial charge < -0.3 is 4.90 Å². The van der Waals surface area contributed by atoms with Gasteiger partial charge in [-0.2, -0.15) is 0 Å². The van der Waals surface area contributed by atoms with Crippen LogP contribution in [0.15, 0.2) is 18.2 Å². The predicted octanol–water partition coefficient (Wildman–Crippen LogP) is 4.10. The smallest absolute Gasteiger partial charge is 0.255 e. The van der Waals surface area contributed by atoms with Gasteiger partial charge in [0.15, 0.2) is 0 Å². The second-order valence-corrected chi connectivity index (χ2v) is 5.48. The number of carbonyl (C=O) groups is 1. The van der Waals surface area contributed by atoms with E-state index >= 15 is 0 Å². The summed E-state index contributed by atoms with van der Waals surface area (Å²) in [4.78, 5) is 14.3. The maximum atomic E-state index is 13.4. The van der Waals surface area contributed by atoms with Crippen LogP contribution in [0.25, 0.3) is 0 Å². The lowest BCUT2D eigenvalue weighted by atomic mass is 9.99. The Morgan fingerprint density at radius 1 is 1.42 bits per heavy atom. The van der Waals surface area contributed by atoms with Crippen LogP contribution in [0.3, 0.4) is 0 Å². The van der Waals surface area contributed by atoms with Crippen LogP contribution in [0, 0.1) is 5.82 Å². The van der Waals surface area contributed by atoms with E-state index in [1.807, 2.05) is 0 Å². The molecule has 0 N–H and O–H groups in total. The van der Waals surface area contributed by atoms with Crippen molar-refractivity contribution in [1.29, 1.82) is 0 Å². The van der Waals surface area contributed by atoms with Gasteiger partial charge in [-0.1, -0.05) is 17.7 Å². The van der Waals surface area contributed by atoms with Gasteiger partial charge in [0.1, 0.15) is 5.82 Å². The summed E-state index contributed by atoms with van der Waals surface area (Å²) < 4.78 is 13.4. The minimum Gasteiger partial charge on any atom is -0.336 e. The fourth-order valence-electron chi connectivity index (χ4n) is 2.52. The van der Waals surface area contributed by atoms with Gasteiger partial charge in [-0.15, -0.1) is 11.6 Å². The molecule has 19 heavy (non-hydrogen) atoms. The SMILES string of the molecule is O=C(c1cccc(F)c1Cl)N1CCCCC1CCCl. The molecular formula is C14H16Cl2FNO. The number of likely N-dealkylation sites (tertiary alicyclic amines) is 1. The van der Waals surface area contributed by atoms with Crippen molar-refractivity contribution in [2.45, 2.75) is 31.7 Å². The van der Waals surface area contributed by atoms with Crippen LogP contribution < -0.4 is 0 Å². The number of amides is 1. The van der Waals surface area contributed by atoms with Crippen molar-refractivity contribution >= 4 is 29.1 Å². The van der Waals surface area contributed by atoms with E-state index in [0.717, 1.165) is 25.7 Å². The Morgan fingerprint density at radius 3 is 2.95 bits per heavy atom. The molecule has 104 valence electrons. The highest BCUT2D eigenvalue weighted by atomic mass is 35.5. The van der Waals surface area contributed by atoms with Crippen molar-refractivity contribution in [3.05, 3.63) is 34.6 Å². The molecule has 1 aromatic rings. The molecule has 5 heteroatoms. The summed E-state index contributed by atoms with van der Waals surface area (Å²) in [5.41, 5.74) is 0.239. The van der Waals surface area contributed by atoms with Crippen LogP contribution >= 0.6 is 23.2 Å². The Labute approximate surface area is 122 Å². The van der Waals surface area contributed by atoms with E-state index in [1.165, 1.54) is 12.1 Å². The highest BCUT2D eigenvalue weighted by molar-refractivity contribution is 6.34. The number of hydrogen-bond donors (Lipinski definition) is 0. The second-order valence-electron chi connectivity index (χ2n) is 4.73. The summed E-state index contributed by atoms with van der Waals surface area (Å²) in [6, 6.07) is 4.47. The fourth-order valence-corrected chi connectivity index (χ4v) is 2.98. The highest BCUT2D eigenvalue weighted by Gasteiger charge is 2.28. The third kappa shape index (κ3) is 3.21. The van der Waals surface area contributed by atoms with E-state index in [0.29, 0.717) is 12.4 Å². The fraction of sp³-hybridized carbons (Fsp3) is 0.500. The summed E-state index contributed by atoms with van der Waals surface area (Å²) >= 11 is 11.7. The van der Waals surface area contributed by atoms with Crippen LogP contribution in [0.4, 0.5) is 4.39 Å². The van der Waals surface area contributed by atoms with E-state index < -0.39 is 5.82 Å². The average Bonchev–Trinajstić information content (AvgIpc) is 2.42. The number of benzene rings is 1. The zero-order valence-corrected chi connectivity index (χ0v) is 12.1. The molecule has 1 atom stereocenters. The maximum Gasteiger partial charge on any atom is 0.255 e. The molecule has 1 heterocycles. The molecule has 1 fully saturated rings. The summed E-state index contributed by atoms with van der Waals surface area (Å²) in [6.07, 6.45) is 3.78. The zero-order valence-electron chi connectivity index (χ0n) is 10.5. The van der Waals surface area contributed by atoms with Gasteiger partial charge in [0.25, 0.3) is 5.91 Å². The van der Waals surface area contributed by atoms with Crippen molar-refractivity contribution < 1.29 is 9.18 Å². The normalized spacial score (nSPS) is 19.5. The lowest BCUT2D eigenvalue weighted by molar-refractivity contribution is 0.0609. The molecule has 0 bridgehead atoms. The van der Waals surface area contributed by atoms with Crippen LogP contribution in [0.2, 0.25) is 5.02 Å². The number of nitrogens with zero attached hydrogens (tertiary/aromatic N) is 1. The highest BCUT2D eigenvalue weighted by Crippen LogP contribution is 2.26. The van der Waals surface area contributed by atoms with Gasteiger partial charge in [-0.25, -0.2) is 4.39 Å². The van der Waals surface area contributed by atoms with Crippen molar-refractivity contribution in [2.24, 2.45) is 0 Å². The molecule has 1 aliphatic heterocycles. The standard InChI is InChI=1S/C14H16Cl2FNO/c15-8-7-10-4-1-2-9-18(10)14(19)11-5-3-6-12(17)13(11)16/h3,5-6,10H,1-2,4,7-9H2. The number of rotatable bonds is 3. The van der Waals surface area contributed by atoms with Gasteiger partial charge in [0.2, 0.25) is 0 Å². The van der Waals surface area contributed by atoms with E-state index in [-0.39, 0.29) is 22.5 Å². The molecule has 0 aliphatic carbocycles. The van der Waals surface area contributed by atoms with Gasteiger partial charge in [0, 0.05) is 18.5 Å². The molecule has 0 saturated carbocycles. The van der Waals surface area contributed by atoms with Crippen LogP contribution in [-0.2, 0) is 0 Å². The lowest BCUT2D eigenvalue weighted by Gasteiger charge is -2.35. The number of halogens is 3. The van der Waals surface area contributed by atoms with Crippen molar-refractivity contribution in [2.75, 3.05) is 12.4 Å². The quantitative estimate of drug-likeness (QED) is 0.770. The minimum absolute atomic E-state index is 0.0947. The Hall–Kier alpha value is -0.800. The third-order valence-corrected chi connectivity index (χ3v) is 4.11. The minimum atomic E-state index is -0.557.